The number of rotatable bonds is 6. The Kier molecular flexibility index (Phi) is 5.85. The lowest BCUT2D eigenvalue weighted by molar-refractivity contribution is 0.0465. The van der Waals surface area contributed by atoms with Crippen LogP contribution in [0.15, 0.2) is 30.3 Å². The van der Waals surface area contributed by atoms with Crippen LogP contribution in [0.4, 0.5) is 0 Å². The first kappa shape index (κ1) is 16.1. The van der Waals surface area contributed by atoms with Gasteiger partial charge in [0.15, 0.2) is 0 Å². The van der Waals surface area contributed by atoms with E-state index in [-0.39, 0.29) is 5.97 Å². The number of benzene rings is 1. The number of unbranched alkanes of at least 4 members (excludes halogenated alkanes) is 1. The predicted octanol–water partition coefficient (Wildman–Crippen LogP) is 4.63. The van der Waals surface area contributed by atoms with Crippen LogP contribution in [0.5, 0.6) is 0 Å². The molecule has 0 bridgehead atoms. The van der Waals surface area contributed by atoms with Gasteiger partial charge < -0.3 is 9.72 Å². The molecular formula is C17H20INO2. The van der Waals surface area contributed by atoms with E-state index < -0.39 is 0 Å². The number of carbonyl (C=O) groups is 1. The van der Waals surface area contributed by atoms with Crippen LogP contribution in [0, 0.1) is 10.6 Å². The predicted molar refractivity (Wildman–Crippen MR) is 92.4 cm³/mol. The summed E-state index contributed by atoms with van der Waals surface area (Å²) in [6.07, 6.45) is 3.28. The zero-order valence-electron chi connectivity index (χ0n) is 12.4. The third kappa shape index (κ3) is 4.09. The van der Waals surface area contributed by atoms with Gasteiger partial charge in [0.05, 0.1) is 3.70 Å². The van der Waals surface area contributed by atoms with Gasteiger partial charge in [-0.3, -0.25) is 0 Å². The van der Waals surface area contributed by atoms with Gasteiger partial charge in [0, 0.05) is 0 Å². The van der Waals surface area contributed by atoms with E-state index in [1.807, 2.05) is 37.3 Å². The molecule has 0 saturated heterocycles. The topological polar surface area (TPSA) is 42.1 Å². The number of hydrogen-bond acceptors (Lipinski definition) is 2. The molecule has 0 aliphatic rings. The number of nitrogens with one attached hydrogen (secondary N) is 1. The van der Waals surface area contributed by atoms with Crippen LogP contribution in [0.1, 0.15) is 46.9 Å². The highest BCUT2D eigenvalue weighted by Gasteiger charge is 2.18. The number of H-pyrrole nitrogens is 1. The highest BCUT2D eigenvalue weighted by molar-refractivity contribution is 14.1. The van der Waals surface area contributed by atoms with Crippen molar-refractivity contribution in [2.75, 3.05) is 0 Å². The normalized spacial score (nSPS) is 10.6. The molecule has 1 aromatic carbocycles. The maximum atomic E-state index is 12.2. The minimum Gasteiger partial charge on any atom is -0.456 e. The Labute approximate surface area is 139 Å². The van der Waals surface area contributed by atoms with Gasteiger partial charge in [-0.25, -0.2) is 4.79 Å². The fourth-order valence-electron chi connectivity index (χ4n) is 2.24. The molecule has 0 fully saturated rings. The molecule has 0 unspecified atom stereocenters. The van der Waals surface area contributed by atoms with Crippen molar-refractivity contribution in [1.82, 2.24) is 4.98 Å². The summed E-state index contributed by atoms with van der Waals surface area (Å²) in [7, 11) is 0. The molecule has 21 heavy (non-hydrogen) atoms. The van der Waals surface area contributed by atoms with Gasteiger partial charge in [-0.15, -0.1) is 0 Å². The van der Waals surface area contributed by atoms with Crippen LogP contribution < -0.4 is 0 Å². The molecule has 0 aliphatic carbocycles. The van der Waals surface area contributed by atoms with E-state index in [9.17, 15) is 4.79 Å². The van der Waals surface area contributed by atoms with Crippen LogP contribution >= 0.6 is 22.6 Å². The molecular weight excluding hydrogens is 377 g/mol. The molecule has 2 rings (SSSR count). The molecule has 1 N–H and O–H groups in total. The second kappa shape index (κ2) is 7.64. The molecule has 0 atom stereocenters. The summed E-state index contributed by atoms with van der Waals surface area (Å²) in [4.78, 5) is 15.4. The zero-order chi connectivity index (χ0) is 15.2. The number of hydrogen-bond donors (Lipinski definition) is 1. The van der Waals surface area contributed by atoms with E-state index >= 15 is 0 Å². The zero-order valence-corrected chi connectivity index (χ0v) is 14.6. The highest BCUT2D eigenvalue weighted by atomic mass is 127. The van der Waals surface area contributed by atoms with Crippen LogP contribution in [0.3, 0.4) is 0 Å². The third-order valence-corrected chi connectivity index (χ3v) is 4.45. The Balaban J connectivity index is 2.05. The number of ether oxygens (including phenoxy) is 1. The quantitative estimate of drug-likeness (QED) is 0.571. The van der Waals surface area contributed by atoms with Crippen molar-refractivity contribution in [3.8, 4) is 0 Å². The summed E-state index contributed by atoms with van der Waals surface area (Å²) >= 11 is 2.26. The number of carbonyl (C=O) groups excluding carboxylic acids is 1. The van der Waals surface area contributed by atoms with Crippen molar-refractivity contribution in [1.29, 1.82) is 0 Å². The fraction of sp³-hybridized carbons (Fsp3) is 0.353. The number of halogens is 1. The lowest BCUT2D eigenvalue weighted by Crippen LogP contribution is -2.07. The standard InChI is InChI=1S/C17H20INO2/c1-3-4-10-14-12(2)15(19-16(14)18)17(20)21-11-13-8-6-5-7-9-13/h5-9,19H,3-4,10-11H2,1-2H3. The maximum absolute atomic E-state index is 12.2. The number of aromatic amines is 1. The second-order valence-corrected chi connectivity index (χ2v) is 6.16. The first-order valence-electron chi connectivity index (χ1n) is 7.21. The number of aromatic nitrogens is 1. The van der Waals surface area contributed by atoms with Gasteiger partial charge in [-0.2, -0.15) is 0 Å². The van der Waals surface area contributed by atoms with E-state index in [1.54, 1.807) is 0 Å². The molecule has 0 radical (unpaired) electrons. The van der Waals surface area contributed by atoms with E-state index in [0.29, 0.717) is 12.3 Å². The monoisotopic (exact) mass is 397 g/mol. The summed E-state index contributed by atoms with van der Waals surface area (Å²) in [5.74, 6) is -0.281. The average molecular weight is 397 g/mol. The first-order valence-corrected chi connectivity index (χ1v) is 8.29. The summed E-state index contributed by atoms with van der Waals surface area (Å²) in [6.45, 7) is 4.46. The Bertz CT molecular complexity index is 605. The largest absolute Gasteiger partial charge is 0.456 e. The van der Waals surface area contributed by atoms with Crippen molar-refractivity contribution in [3.05, 3.63) is 56.4 Å². The van der Waals surface area contributed by atoms with Gasteiger partial charge >= 0.3 is 5.97 Å². The smallest absolute Gasteiger partial charge is 0.355 e. The van der Waals surface area contributed by atoms with Gasteiger partial charge in [-0.1, -0.05) is 43.7 Å². The van der Waals surface area contributed by atoms with Crippen molar-refractivity contribution < 1.29 is 9.53 Å². The van der Waals surface area contributed by atoms with Crippen molar-refractivity contribution in [2.45, 2.75) is 39.7 Å². The molecule has 112 valence electrons. The van der Waals surface area contributed by atoms with E-state index in [1.165, 1.54) is 5.56 Å². The van der Waals surface area contributed by atoms with Crippen molar-refractivity contribution >= 4 is 28.6 Å². The molecule has 0 saturated carbocycles. The molecule has 2 aromatic rings. The Hall–Kier alpha value is -1.30. The SMILES string of the molecule is CCCCc1c(I)[nH]c(C(=O)OCc2ccccc2)c1C. The van der Waals surface area contributed by atoms with Crippen LogP contribution in [0.2, 0.25) is 0 Å². The van der Waals surface area contributed by atoms with E-state index in [0.717, 1.165) is 34.1 Å². The lowest BCUT2D eigenvalue weighted by Gasteiger charge is -2.05. The fourth-order valence-corrected chi connectivity index (χ4v) is 3.19. The molecule has 0 aliphatic heterocycles. The minimum absolute atomic E-state index is 0.281. The Morgan fingerprint density at radius 2 is 2.00 bits per heavy atom. The van der Waals surface area contributed by atoms with Crippen LogP contribution in [-0.4, -0.2) is 11.0 Å². The van der Waals surface area contributed by atoms with Crippen LogP contribution in [-0.2, 0) is 17.8 Å². The Morgan fingerprint density at radius 3 is 2.67 bits per heavy atom. The number of esters is 1. The summed E-state index contributed by atoms with van der Waals surface area (Å²) in [5.41, 5.74) is 3.84. The highest BCUT2D eigenvalue weighted by Crippen LogP contribution is 2.23. The Morgan fingerprint density at radius 1 is 1.29 bits per heavy atom. The third-order valence-electron chi connectivity index (χ3n) is 3.52. The lowest BCUT2D eigenvalue weighted by atomic mass is 10.1. The molecule has 3 nitrogen and oxygen atoms in total. The maximum Gasteiger partial charge on any atom is 0.355 e. The summed E-state index contributed by atoms with van der Waals surface area (Å²) in [5, 5.41) is 0. The second-order valence-electron chi connectivity index (χ2n) is 5.08. The first-order chi connectivity index (χ1) is 10.1. The summed E-state index contributed by atoms with van der Waals surface area (Å²) in [6, 6.07) is 9.73. The van der Waals surface area contributed by atoms with Gasteiger partial charge in [0.25, 0.3) is 0 Å². The van der Waals surface area contributed by atoms with Crippen LogP contribution in [0.25, 0.3) is 0 Å². The summed E-state index contributed by atoms with van der Waals surface area (Å²) < 4.78 is 6.44. The van der Waals surface area contributed by atoms with Gasteiger partial charge in [0.1, 0.15) is 12.3 Å². The molecule has 1 aromatic heterocycles. The molecule has 1 heterocycles. The van der Waals surface area contributed by atoms with Crippen molar-refractivity contribution in [2.24, 2.45) is 0 Å². The molecule has 0 amide bonds. The molecule has 0 spiro atoms. The minimum atomic E-state index is -0.281. The van der Waals surface area contributed by atoms with Crippen molar-refractivity contribution in [3.63, 3.8) is 0 Å². The average Bonchev–Trinajstić information content (AvgIpc) is 2.79. The van der Waals surface area contributed by atoms with E-state index in [4.69, 9.17) is 4.74 Å². The van der Waals surface area contributed by atoms with E-state index in [2.05, 4.69) is 34.5 Å². The van der Waals surface area contributed by atoms with Gasteiger partial charge in [0.2, 0.25) is 0 Å². The molecule has 4 heteroatoms. The van der Waals surface area contributed by atoms with Gasteiger partial charge in [-0.05, 0) is 59.0 Å².